The Labute approximate surface area is 178 Å². The van der Waals surface area contributed by atoms with Gasteiger partial charge in [-0.05, 0) is 55.4 Å². The molecule has 0 spiro atoms. The second kappa shape index (κ2) is 10.4. The molecule has 2 aromatic rings. The van der Waals surface area contributed by atoms with E-state index in [4.69, 9.17) is 9.15 Å². The monoisotopic (exact) mass is 409 g/mol. The Morgan fingerprint density at radius 1 is 1.33 bits per heavy atom. The normalized spacial score (nSPS) is 20.2. The van der Waals surface area contributed by atoms with Crippen molar-refractivity contribution >= 4 is 5.97 Å². The Kier molecular flexibility index (Phi) is 7.63. The summed E-state index contributed by atoms with van der Waals surface area (Å²) in [4.78, 5) is 16.0. The number of ether oxygens (including phenoxy) is 1. The van der Waals surface area contributed by atoms with E-state index >= 15 is 0 Å². The molecule has 1 saturated carbocycles. The van der Waals surface area contributed by atoms with Gasteiger partial charge in [-0.2, -0.15) is 0 Å². The summed E-state index contributed by atoms with van der Waals surface area (Å²) in [5.74, 6) is 0.484. The van der Waals surface area contributed by atoms with E-state index in [0.29, 0.717) is 25.5 Å². The van der Waals surface area contributed by atoms with E-state index in [1.54, 1.807) is 6.92 Å². The van der Waals surface area contributed by atoms with E-state index in [2.05, 4.69) is 24.1 Å². The van der Waals surface area contributed by atoms with Crippen molar-refractivity contribution in [1.82, 2.24) is 4.98 Å². The number of oxazole rings is 1. The minimum absolute atomic E-state index is 0.0999. The highest BCUT2D eigenvalue weighted by Crippen LogP contribution is 2.40. The van der Waals surface area contributed by atoms with Gasteiger partial charge in [0.2, 0.25) is 5.89 Å². The van der Waals surface area contributed by atoms with Crippen LogP contribution in [0, 0.1) is 18.8 Å². The fourth-order valence-electron chi connectivity index (χ4n) is 4.04. The highest BCUT2D eigenvalue weighted by molar-refractivity contribution is 5.71. The van der Waals surface area contributed by atoms with Gasteiger partial charge >= 0.3 is 5.97 Å². The molecule has 1 aliphatic rings. The topological polar surface area (TPSA) is 72.6 Å². The first-order valence-electron chi connectivity index (χ1n) is 10.7. The van der Waals surface area contributed by atoms with Gasteiger partial charge in [0.1, 0.15) is 5.76 Å². The maximum atomic E-state index is 11.4. The van der Waals surface area contributed by atoms with Gasteiger partial charge < -0.3 is 14.3 Å². The number of carboxylic acid groups (broad SMARTS) is 1. The predicted octanol–water partition coefficient (Wildman–Crippen LogP) is 5.60. The quantitative estimate of drug-likeness (QED) is 0.546. The van der Waals surface area contributed by atoms with Crippen LogP contribution in [-0.2, 0) is 16.0 Å². The van der Waals surface area contributed by atoms with Crippen molar-refractivity contribution in [3.63, 3.8) is 0 Å². The zero-order valence-corrected chi connectivity index (χ0v) is 18.1. The van der Waals surface area contributed by atoms with E-state index in [1.165, 1.54) is 11.1 Å². The van der Waals surface area contributed by atoms with E-state index in [1.807, 2.05) is 37.3 Å². The summed E-state index contributed by atoms with van der Waals surface area (Å²) in [6.07, 6.45) is 7.70. The molecule has 1 aromatic heterocycles. The Hall–Kier alpha value is -2.66. The van der Waals surface area contributed by atoms with Crippen molar-refractivity contribution in [2.75, 3.05) is 13.2 Å². The molecule has 1 N–H and O–H groups in total. The van der Waals surface area contributed by atoms with Gasteiger partial charge in [0.25, 0.3) is 0 Å². The molecule has 5 heteroatoms. The van der Waals surface area contributed by atoms with Gasteiger partial charge in [0.15, 0.2) is 0 Å². The predicted molar refractivity (Wildman–Crippen MR) is 117 cm³/mol. The average Bonchev–Trinajstić information content (AvgIpc) is 3.31. The molecule has 1 fully saturated rings. The number of nitrogens with zero attached hydrogens (tertiary/aromatic N) is 1. The lowest BCUT2D eigenvalue weighted by molar-refractivity contribution is -0.142. The van der Waals surface area contributed by atoms with Crippen LogP contribution in [0.3, 0.4) is 0 Å². The molecular weight excluding hydrogens is 378 g/mol. The molecule has 5 nitrogen and oxygen atoms in total. The van der Waals surface area contributed by atoms with Crippen molar-refractivity contribution in [1.29, 1.82) is 0 Å². The standard InChI is InChI=1S/C25H31NO4/c1-4-8-22-19(11-12-21(22)17(2)25(27)28)13-15-29-16-14-23-18(3)30-24(26-23)20-9-6-5-7-10-20/h5-10,13,17,21H,4,11-12,14-16H2,1-3H3,(H,27,28)/b19-13-,22-8+. The number of aromatic nitrogens is 1. The van der Waals surface area contributed by atoms with Crippen LogP contribution in [0.1, 0.15) is 44.6 Å². The van der Waals surface area contributed by atoms with E-state index < -0.39 is 5.97 Å². The van der Waals surface area contributed by atoms with Crippen molar-refractivity contribution < 1.29 is 19.1 Å². The van der Waals surface area contributed by atoms with Crippen molar-refractivity contribution in [2.45, 2.75) is 46.5 Å². The molecule has 3 rings (SSSR count). The smallest absolute Gasteiger partial charge is 0.306 e. The highest BCUT2D eigenvalue weighted by Gasteiger charge is 2.32. The summed E-state index contributed by atoms with van der Waals surface area (Å²) in [6.45, 7) is 6.91. The van der Waals surface area contributed by atoms with Crippen LogP contribution in [-0.4, -0.2) is 29.3 Å². The van der Waals surface area contributed by atoms with Crippen molar-refractivity contribution in [3.05, 3.63) is 65.1 Å². The first-order valence-corrected chi connectivity index (χ1v) is 10.7. The molecule has 1 aromatic carbocycles. The molecule has 2 unspecified atom stereocenters. The number of allylic oxidation sites excluding steroid dienone is 3. The lowest BCUT2D eigenvalue weighted by atomic mass is 9.88. The van der Waals surface area contributed by atoms with Crippen molar-refractivity contribution in [2.24, 2.45) is 11.8 Å². The van der Waals surface area contributed by atoms with Gasteiger partial charge in [-0.1, -0.05) is 44.2 Å². The Morgan fingerprint density at radius 3 is 2.80 bits per heavy atom. The summed E-state index contributed by atoms with van der Waals surface area (Å²) in [6, 6.07) is 9.88. The molecular formula is C25H31NO4. The number of carbonyl (C=O) groups is 1. The number of aryl methyl sites for hydroxylation is 1. The molecule has 0 radical (unpaired) electrons. The molecule has 30 heavy (non-hydrogen) atoms. The number of benzene rings is 1. The number of hydrogen-bond acceptors (Lipinski definition) is 4. The minimum Gasteiger partial charge on any atom is -0.481 e. The van der Waals surface area contributed by atoms with Gasteiger partial charge in [0.05, 0.1) is 24.8 Å². The summed E-state index contributed by atoms with van der Waals surface area (Å²) < 4.78 is 11.6. The van der Waals surface area contributed by atoms with Gasteiger partial charge in [-0.3, -0.25) is 4.79 Å². The third-order valence-corrected chi connectivity index (χ3v) is 5.76. The number of carboxylic acids is 1. The minimum atomic E-state index is -0.725. The zero-order valence-electron chi connectivity index (χ0n) is 18.1. The second-order valence-electron chi connectivity index (χ2n) is 7.78. The van der Waals surface area contributed by atoms with Crippen LogP contribution in [0.15, 0.2) is 58.0 Å². The van der Waals surface area contributed by atoms with E-state index in [0.717, 1.165) is 36.3 Å². The SMILES string of the molecule is CC/C=C1\C(=C/COCCc2nc(-c3ccccc3)oc2C)CCC1C(C)C(=O)O. The van der Waals surface area contributed by atoms with Gasteiger partial charge in [-0.15, -0.1) is 0 Å². The van der Waals surface area contributed by atoms with E-state index in [9.17, 15) is 9.90 Å². The number of aliphatic carboxylic acids is 1. The Morgan fingerprint density at radius 2 is 2.10 bits per heavy atom. The van der Waals surface area contributed by atoms with Crippen LogP contribution < -0.4 is 0 Å². The molecule has 1 heterocycles. The number of rotatable bonds is 9. The van der Waals surface area contributed by atoms with Crippen LogP contribution in [0.2, 0.25) is 0 Å². The Bertz CT molecular complexity index is 910. The van der Waals surface area contributed by atoms with Crippen molar-refractivity contribution in [3.8, 4) is 11.5 Å². The molecule has 0 bridgehead atoms. The lowest BCUT2D eigenvalue weighted by Crippen LogP contribution is -2.19. The van der Waals surface area contributed by atoms with Crippen LogP contribution in [0.4, 0.5) is 0 Å². The molecule has 2 atom stereocenters. The summed E-state index contributed by atoms with van der Waals surface area (Å²) in [7, 11) is 0. The number of hydrogen-bond donors (Lipinski definition) is 1. The van der Waals surface area contributed by atoms with Gasteiger partial charge in [-0.25, -0.2) is 4.98 Å². The summed E-state index contributed by atoms with van der Waals surface area (Å²) >= 11 is 0. The van der Waals surface area contributed by atoms with Gasteiger partial charge in [0, 0.05) is 12.0 Å². The van der Waals surface area contributed by atoms with Crippen LogP contribution >= 0.6 is 0 Å². The zero-order chi connectivity index (χ0) is 21.5. The fraction of sp³-hybridized carbons (Fsp3) is 0.440. The average molecular weight is 410 g/mol. The van der Waals surface area contributed by atoms with E-state index in [-0.39, 0.29) is 11.8 Å². The van der Waals surface area contributed by atoms with Crippen LogP contribution in [0.5, 0.6) is 0 Å². The third kappa shape index (κ3) is 5.28. The maximum Gasteiger partial charge on any atom is 0.306 e. The Balaban J connectivity index is 1.53. The first-order chi connectivity index (χ1) is 14.5. The highest BCUT2D eigenvalue weighted by atomic mass is 16.5. The molecule has 160 valence electrons. The third-order valence-electron chi connectivity index (χ3n) is 5.76. The lowest BCUT2D eigenvalue weighted by Gasteiger charge is -2.17. The molecule has 0 saturated heterocycles. The van der Waals surface area contributed by atoms with Crippen LogP contribution in [0.25, 0.3) is 11.5 Å². The molecule has 0 aliphatic heterocycles. The summed E-state index contributed by atoms with van der Waals surface area (Å²) in [5.41, 5.74) is 4.32. The largest absolute Gasteiger partial charge is 0.481 e. The maximum absolute atomic E-state index is 11.4. The second-order valence-corrected chi connectivity index (χ2v) is 7.78. The molecule has 1 aliphatic carbocycles. The first kappa shape index (κ1) is 22.0. The molecule has 0 amide bonds. The fourth-order valence-corrected chi connectivity index (χ4v) is 4.04. The summed E-state index contributed by atoms with van der Waals surface area (Å²) in [5, 5.41) is 9.38.